The highest BCUT2D eigenvalue weighted by Gasteiger charge is 2.36. The molecule has 3 aromatic rings. The van der Waals surface area contributed by atoms with Gasteiger partial charge in [-0.1, -0.05) is 53.6 Å². The zero-order chi connectivity index (χ0) is 26.5. The van der Waals surface area contributed by atoms with Crippen LogP contribution in [0.4, 0.5) is 10.5 Å². The first kappa shape index (κ1) is 26.3. The average molecular weight is 537 g/mol. The summed E-state index contributed by atoms with van der Waals surface area (Å²) in [6.45, 7) is 3.71. The van der Waals surface area contributed by atoms with Crippen LogP contribution in [-0.2, 0) is 16.2 Å². The molecule has 7 nitrogen and oxygen atoms in total. The summed E-state index contributed by atoms with van der Waals surface area (Å²) in [5, 5.41) is 2.88. The summed E-state index contributed by atoms with van der Waals surface area (Å²) in [6.07, 6.45) is 1.58. The van der Waals surface area contributed by atoms with Crippen molar-refractivity contribution in [2.75, 3.05) is 19.0 Å². The van der Waals surface area contributed by atoms with E-state index in [1.807, 2.05) is 38.1 Å². The van der Waals surface area contributed by atoms with Crippen LogP contribution in [-0.4, -0.2) is 35.6 Å². The maximum Gasteiger partial charge on any atom is 0.294 e. The number of hydrogen-bond acceptors (Lipinski definition) is 6. The van der Waals surface area contributed by atoms with Crippen LogP contribution in [0.2, 0.25) is 5.02 Å². The monoisotopic (exact) mass is 536 g/mol. The van der Waals surface area contributed by atoms with Gasteiger partial charge in [0.2, 0.25) is 5.91 Å². The van der Waals surface area contributed by atoms with Gasteiger partial charge in [-0.15, -0.1) is 0 Å². The average Bonchev–Trinajstić information content (AvgIpc) is 3.13. The molecule has 0 unspecified atom stereocenters. The number of nitrogens with one attached hydrogen (secondary N) is 1. The van der Waals surface area contributed by atoms with Crippen LogP contribution in [0.1, 0.15) is 22.3 Å². The molecule has 0 aliphatic carbocycles. The Hall–Kier alpha value is -3.75. The second kappa shape index (κ2) is 11.5. The highest BCUT2D eigenvalue weighted by Crippen LogP contribution is 2.37. The number of carbonyl (C=O) groups excluding carboxylic acids is 3. The number of para-hydroxylation sites is 1. The number of anilines is 1. The molecule has 0 aromatic heterocycles. The SMILES string of the molecule is COc1cccc(/C=C2/SC(=O)N(CC(=O)Nc3ccc(C)cc3C)C2=O)c1OCc1ccc(Cl)cc1. The van der Waals surface area contributed by atoms with Gasteiger partial charge in [0.25, 0.3) is 11.1 Å². The fourth-order valence-electron chi connectivity index (χ4n) is 3.76. The predicted octanol–water partition coefficient (Wildman–Crippen LogP) is 6.22. The second-order valence-corrected chi connectivity index (χ2v) is 9.86. The minimum Gasteiger partial charge on any atom is -0.493 e. The lowest BCUT2D eigenvalue weighted by Crippen LogP contribution is -2.36. The molecule has 1 aliphatic rings. The molecular weight excluding hydrogens is 512 g/mol. The van der Waals surface area contributed by atoms with Crippen LogP contribution < -0.4 is 14.8 Å². The molecule has 3 aromatic carbocycles. The van der Waals surface area contributed by atoms with Crippen molar-refractivity contribution in [2.45, 2.75) is 20.5 Å². The van der Waals surface area contributed by atoms with Crippen molar-refractivity contribution in [1.82, 2.24) is 4.90 Å². The maximum atomic E-state index is 13.0. The third-order valence-electron chi connectivity index (χ3n) is 5.64. The first-order valence-corrected chi connectivity index (χ1v) is 12.6. The molecule has 1 aliphatic heterocycles. The number of ether oxygens (including phenoxy) is 2. The normalized spacial score (nSPS) is 14.3. The van der Waals surface area contributed by atoms with E-state index in [0.29, 0.717) is 27.8 Å². The van der Waals surface area contributed by atoms with E-state index in [2.05, 4.69) is 5.32 Å². The number of aryl methyl sites for hydroxylation is 2. The number of benzene rings is 3. The fourth-order valence-corrected chi connectivity index (χ4v) is 4.72. The highest BCUT2D eigenvalue weighted by molar-refractivity contribution is 8.18. The first-order chi connectivity index (χ1) is 17.7. The van der Waals surface area contributed by atoms with Crippen molar-refractivity contribution < 1.29 is 23.9 Å². The summed E-state index contributed by atoms with van der Waals surface area (Å²) >= 11 is 6.73. The number of halogens is 1. The molecule has 0 radical (unpaired) electrons. The Kier molecular flexibility index (Phi) is 8.21. The van der Waals surface area contributed by atoms with Gasteiger partial charge in [0.15, 0.2) is 11.5 Å². The number of hydrogen-bond donors (Lipinski definition) is 1. The number of thioether (sulfide) groups is 1. The van der Waals surface area contributed by atoms with Gasteiger partial charge in [0.05, 0.1) is 12.0 Å². The third kappa shape index (κ3) is 6.34. The summed E-state index contributed by atoms with van der Waals surface area (Å²) in [4.78, 5) is 39.4. The third-order valence-corrected chi connectivity index (χ3v) is 6.80. The lowest BCUT2D eigenvalue weighted by Gasteiger charge is -2.14. The highest BCUT2D eigenvalue weighted by atomic mass is 35.5. The summed E-state index contributed by atoms with van der Waals surface area (Å²) < 4.78 is 11.5. The van der Waals surface area contributed by atoms with Crippen molar-refractivity contribution in [3.8, 4) is 11.5 Å². The van der Waals surface area contributed by atoms with Gasteiger partial charge in [-0.2, -0.15) is 0 Å². The quantitative estimate of drug-likeness (QED) is 0.344. The van der Waals surface area contributed by atoms with Gasteiger partial charge in [-0.3, -0.25) is 19.3 Å². The molecule has 190 valence electrons. The van der Waals surface area contributed by atoms with E-state index >= 15 is 0 Å². The van der Waals surface area contributed by atoms with Crippen molar-refractivity contribution in [1.29, 1.82) is 0 Å². The number of amides is 3. The molecule has 1 N–H and O–H groups in total. The summed E-state index contributed by atoms with van der Waals surface area (Å²) in [5.41, 5.74) is 4.07. The molecule has 1 heterocycles. The smallest absolute Gasteiger partial charge is 0.294 e. The molecule has 0 atom stereocenters. The Morgan fingerprint density at radius 2 is 1.84 bits per heavy atom. The van der Waals surface area contributed by atoms with Crippen molar-refractivity contribution >= 4 is 52.2 Å². The lowest BCUT2D eigenvalue weighted by molar-refractivity contribution is -0.127. The van der Waals surface area contributed by atoms with Gasteiger partial charge in [0.1, 0.15) is 13.2 Å². The van der Waals surface area contributed by atoms with Gasteiger partial charge in [-0.05, 0) is 67.1 Å². The predicted molar refractivity (Wildman–Crippen MR) is 146 cm³/mol. The molecule has 3 amide bonds. The molecule has 4 rings (SSSR count). The van der Waals surface area contributed by atoms with E-state index in [1.54, 1.807) is 42.5 Å². The Morgan fingerprint density at radius 1 is 1.08 bits per heavy atom. The van der Waals surface area contributed by atoms with Crippen LogP contribution >= 0.6 is 23.4 Å². The van der Waals surface area contributed by atoms with Crippen molar-refractivity contribution in [2.24, 2.45) is 0 Å². The molecule has 1 saturated heterocycles. The Morgan fingerprint density at radius 3 is 2.54 bits per heavy atom. The van der Waals surface area contributed by atoms with Gasteiger partial charge in [-0.25, -0.2) is 0 Å². The zero-order valence-electron chi connectivity index (χ0n) is 20.5. The van der Waals surface area contributed by atoms with Crippen LogP contribution in [0.5, 0.6) is 11.5 Å². The Bertz CT molecular complexity index is 1390. The zero-order valence-corrected chi connectivity index (χ0v) is 22.1. The second-order valence-electron chi connectivity index (χ2n) is 8.43. The van der Waals surface area contributed by atoms with E-state index in [1.165, 1.54) is 7.11 Å². The molecular formula is C28H25ClN2O5S. The van der Waals surface area contributed by atoms with E-state index in [4.69, 9.17) is 21.1 Å². The van der Waals surface area contributed by atoms with Gasteiger partial charge in [0, 0.05) is 16.3 Å². The van der Waals surface area contributed by atoms with Gasteiger partial charge >= 0.3 is 0 Å². The summed E-state index contributed by atoms with van der Waals surface area (Å²) in [7, 11) is 1.52. The minimum atomic E-state index is -0.544. The number of nitrogens with zero attached hydrogens (tertiary/aromatic N) is 1. The fraction of sp³-hybridized carbons (Fsp3) is 0.179. The lowest BCUT2D eigenvalue weighted by atomic mass is 10.1. The van der Waals surface area contributed by atoms with E-state index in [-0.39, 0.29) is 18.1 Å². The number of imide groups is 1. The Balaban J connectivity index is 1.51. The van der Waals surface area contributed by atoms with E-state index in [9.17, 15) is 14.4 Å². The number of carbonyl (C=O) groups is 3. The molecule has 0 saturated carbocycles. The van der Waals surface area contributed by atoms with Crippen LogP contribution in [0.15, 0.2) is 65.6 Å². The minimum absolute atomic E-state index is 0.189. The van der Waals surface area contributed by atoms with Gasteiger partial charge < -0.3 is 14.8 Å². The maximum absolute atomic E-state index is 13.0. The van der Waals surface area contributed by atoms with Crippen molar-refractivity contribution in [3.05, 3.63) is 92.8 Å². The van der Waals surface area contributed by atoms with Crippen LogP contribution in [0.3, 0.4) is 0 Å². The number of rotatable bonds is 8. The molecule has 1 fully saturated rings. The molecule has 9 heteroatoms. The molecule has 0 spiro atoms. The van der Waals surface area contributed by atoms with E-state index < -0.39 is 17.1 Å². The van der Waals surface area contributed by atoms with E-state index in [0.717, 1.165) is 33.4 Å². The number of methoxy groups -OCH3 is 1. The Labute approximate surface area is 224 Å². The first-order valence-electron chi connectivity index (χ1n) is 11.4. The standard InChI is InChI=1S/C28H25ClN2O5S/c1-17-7-12-22(18(2)13-17)30-25(32)15-31-27(33)24(37-28(31)34)14-20-5-4-6-23(35-3)26(20)36-16-19-8-10-21(29)11-9-19/h4-14H,15-16H2,1-3H3,(H,30,32)/b24-14+. The molecule has 37 heavy (non-hydrogen) atoms. The van der Waals surface area contributed by atoms with Crippen molar-refractivity contribution in [3.63, 3.8) is 0 Å². The summed E-state index contributed by atoms with van der Waals surface area (Å²) in [6, 6.07) is 18.2. The topological polar surface area (TPSA) is 84.9 Å². The summed E-state index contributed by atoms with van der Waals surface area (Å²) in [5.74, 6) is -0.0877. The van der Waals surface area contributed by atoms with Crippen LogP contribution in [0.25, 0.3) is 6.08 Å². The molecule has 0 bridgehead atoms. The largest absolute Gasteiger partial charge is 0.493 e. The van der Waals surface area contributed by atoms with Crippen LogP contribution in [0, 0.1) is 13.8 Å².